The Kier molecular flexibility index (Phi) is 5.78. The summed E-state index contributed by atoms with van der Waals surface area (Å²) in [6.45, 7) is 5.24. The Morgan fingerprint density at radius 1 is 1.11 bits per heavy atom. The Morgan fingerprint density at radius 2 is 1.71 bits per heavy atom. The van der Waals surface area contributed by atoms with Crippen LogP contribution in [0.2, 0.25) is 5.02 Å². The molecular weight excluding hydrogens is 404 g/mol. The molecule has 1 aliphatic rings. The maximum Gasteiger partial charge on any atom is 0.275 e. The van der Waals surface area contributed by atoms with Crippen LogP contribution in [-0.2, 0) is 10.0 Å². The highest BCUT2D eigenvalue weighted by Gasteiger charge is 2.23. The molecule has 1 saturated heterocycles. The van der Waals surface area contributed by atoms with Crippen LogP contribution in [0.25, 0.3) is 0 Å². The number of anilines is 2. The second-order valence-electron chi connectivity index (χ2n) is 6.75. The summed E-state index contributed by atoms with van der Waals surface area (Å²) in [6, 6.07) is 9.29. The van der Waals surface area contributed by atoms with Crippen molar-refractivity contribution >= 4 is 38.7 Å². The van der Waals surface area contributed by atoms with E-state index < -0.39 is 14.9 Å². The number of benzene rings is 2. The van der Waals surface area contributed by atoms with Crippen LogP contribution in [0.4, 0.5) is 17.1 Å². The number of piperazine rings is 1. The second kappa shape index (κ2) is 7.94. The summed E-state index contributed by atoms with van der Waals surface area (Å²) in [5.41, 5.74) is 1.28. The Balaban J connectivity index is 1.80. The van der Waals surface area contributed by atoms with Crippen molar-refractivity contribution in [2.75, 3.05) is 42.8 Å². The molecule has 10 heteroatoms. The summed E-state index contributed by atoms with van der Waals surface area (Å²) in [5, 5.41) is 11.2. The van der Waals surface area contributed by atoms with Crippen molar-refractivity contribution in [3.05, 3.63) is 57.1 Å². The van der Waals surface area contributed by atoms with Crippen molar-refractivity contribution in [3.63, 3.8) is 0 Å². The van der Waals surface area contributed by atoms with E-state index in [9.17, 15) is 18.5 Å². The minimum Gasteiger partial charge on any atom is -0.369 e. The van der Waals surface area contributed by atoms with Crippen LogP contribution >= 0.6 is 11.6 Å². The van der Waals surface area contributed by atoms with Crippen LogP contribution in [0, 0.1) is 17.0 Å². The van der Waals surface area contributed by atoms with E-state index in [0.29, 0.717) is 5.69 Å². The first-order valence-corrected chi connectivity index (χ1v) is 10.5. The SMILES string of the molecule is Cc1c(Cl)cc(S(=O)(=O)Nc2ccc(N3CCN(C)CC3)cc2)cc1[N+](=O)[O-]. The van der Waals surface area contributed by atoms with Crippen LogP contribution in [0.1, 0.15) is 5.56 Å². The number of likely N-dealkylation sites (N-methyl/N-ethyl adjacent to an activating group) is 1. The van der Waals surface area contributed by atoms with Gasteiger partial charge in [0.2, 0.25) is 0 Å². The van der Waals surface area contributed by atoms with Gasteiger partial charge in [-0.05, 0) is 44.3 Å². The van der Waals surface area contributed by atoms with Crippen LogP contribution in [0.3, 0.4) is 0 Å². The fourth-order valence-corrected chi connectivity index (χ4v) is 4.39. The van der Waals surface area contributed by atoms with E-state index in [1.54, 1.807) is 12.1 Å². The molecule has 0 aromatic heterocycles. The smallest absolute Gasteiger partial charge is 0.275 e. The zero-order chi connectivity index (χ0) is 20.5. The number of hydrogen-bond donors (Lipinski definition) is 1. The Bertz CT molecular complexity index is 987. The molecular formula is C18H21ClN4O4S. The van der Waals surface area contributed by atoms with Gasteiger partial charge in [0.15, 0.2) is 0 Å². The highest BCUT2D eigenvalue weighted by molar-refractivity contribution is 7.92. The lowest BCUT2D eigenvalue weighted by Crippen LogP contribution is -2.44. The van der Waals surface area contributed by atoms with E-state index in [1.165, 1.54) is 13.0 Å². The molecule has 1 aliphatic heterocycles. The molecule has 1 fully saturated rings. The lowest BCUT2D eigenvalue weighted by Gasteiger charge is -2.34. The van der Waals surface area contributed by atoms with Crippen molar-refractivity contribution in [1.82, 2.24) is 4.90 Å². The van der Waals surface area contributed by atoms with Crippen molar-refractivity contribution in [1.29, 1.82) is 0 Å². The third-order valence-electron chi connectivity index (χ3n) is 4.79. The van der Waals surface area contributed by atoms with Crippen LogP contribution < -0.4 is 9.62 Å². The second-order valence-corrected chi connectivity index (χ2v) is 8.84. The average molecular weight is 425 g/mol. The number of nitrogens with zero attached hydrogens (tertiary/aromatic N) is 3. The van der Waals surface area contributed by atoms with E-state index in [2.05, 4.69) is 21.6 Å². The molecule has 1 N–H and O–H groups in total. The van der Waals surface area contributed by atoms with Gasteiger partial charge in [0.05, 0.1) is 14.8 Å². The third kappa shape index (κ3) is 4.37. The van der Waals surface area contributed by atoms with Crippen molar-refractivity contribution in [3.8, 4) is 0 Å². The van der Waals surface area contributed by atoms with E-state index in [4.69, 9.17) is 11.6 Å². The maximum atomic E-state index is 12.7. The molecule has 0 aliphatic carbocycles. The van der Waals surface area contributed by atoms with Crippen molar-refractivity contribution < 1.29 is 13.3 Å². The molecule has 0 bridgehead atoms. The Morgan fingerprint density at radius 3 is 2.29 bits per heavy atom. The van der Waals surface area contributed by atoms with E-state index in [1.807, 2.05) is 12.1 Å². The summed E-state index contributed by atoms with van der Waals surface area (Å²) >= 11 is 5.98. The van der Waals surface area contributed by atoms with Crippen LogP contribution in [-0.4, -0.2) is 51.5 Å². The van der Waals surface area contributed by atoms with Gasteiger partial charge >= 0.3 is 0 Å². The van der Waals surface area contributed by atoms with Crippen molar-refractivity contribution in [2.45, 2.75) is 11.8 Å². The van der Waals surface area contributed by atoms with Crippen molar-refractivity contribution in [2.24, 2.45) is 0 Å². The maximum absolute atomic E-state index is 12.7. The number of sulfonamides is 1. The Labute approximate surface area is 168 Å². The third-order valence-corrected chi connectivity index (χ3v) is 6.54. The number of halogens is 1. The molecule has 2 aromatic rings. The largest absolute Gasteiger partial charge is 0.369 e. The minimum absolute atomic E-state index is 0.0278. The average Bonchev–Trinajstić information content (AvgIpc) is 2.64. The minimum atomic E-state index is -4.01. The van der Waals surface area contributed by atoms with Crippen LogP contribution in [0.5, 0.6) is 0 Å². The first kappa shape index (κ1) is 20.4. The molecule has 0 saturated carbocycles. The molecule has 1 heterocycles. The summed E-state index contributed by atoms with van der Waals surface area (Å²) in [7, 11) is -1.93. The van der Waals surface area contributed by atoms with Gasteiger partial charge in [-0.3, -0.25) is 14.8 Å². The summed E-state index contributed by atoms with van der Waals surface area (Å²) in [4.78, 5) is 14.7. The number of rotatable bonds is 5. The molecule has 150 valence electrons. The predicted octanol–water partition coefficient (Wildman–Crippen LogP) is 3.11. The van der Waals surface area contributed by atoms with Gasteiger partial charge in [-0.1, -0.05) is 11.6 Å². The van der Waals surface area contributed by atoms with E-state index >= 15 is 0 Å². The molecule has 0 radical (unpaired) electrons. The number of nitro benzene ring substituents is 1. The summed E-state index contributed by atoms with van der Waals surface area (Å²) < 4.78 is 27.8. The molecule has 0 amide bonds. The molecule has 0 unspecified atom stereocenters. The predicted molar refractivity (Wildman–Crippen MR) is 110 cm³/mol. The van der Waals surface area contributed by atoms with E-state index in [0.717, 1.165) is 37.9 Å². The lowest BCUT2D eigenvalue weighted by atomic mass is 10.2. The zero-order valence-corrected chi connectivity index (χ0v) is 17.1. The highest BCUT2D eigenvalue weighted by Crippen LogP contribution is 2.30. The molecule has 2 aromatic carbocycles. The number of nitrogens with one attached hydrogen (secondary N) is 1. The van der Waals surface area contributed by atoms with Gasteiger partial charge in [0.1, 0.15) is 0 Å². The number of hydrogen-bond acceptors (Lipinski definition) is 6. The summed E-state index contributed by atoms with van der Waals surface area (Å²) in [5.74, 6) is 0. The van der Waals surface area contributed by atoms with Gasteiger partial charge in [-0.15, -0.1) is 0 Å². The molecule has 0 spiro atoms. The fourth-order valence-electron chi connectivity index (χ4n) is 3.00. The standard InChI is InChI=1S/C18H21ClN4O4S/c1-13-17(19)11-16(12-18(13)23(24)25)28(26,27)20-14-3-5-15(6-4-14)22-9-7-21(2)8-10-22/h3-6,11-12,20H,7-10H2,1-2H3. The molecule has 0 atom stereocenters. The van der Waals surface area contributed by atoms with Gasteiger partial charge in [-0.2, -0.15) is 0 Å². The fraction of sp³-hybridized carbons (Fsp3) is 0.333. The van der Waals surface area contributed by atoms with Gasteiger partial charge < -0.3 is 9.80 Å². The van der Waals surface area contributed by atoms with Gasteiger partial charge in [-0.25, -0.2) is 8.42 Å². The zero-order valence-electron chi connectivity index (χ0n) is 15.6. The van der Waals surface area contributed by atoms with Crippen LogP contribution in [0.15, 0.2) is 41.3 Å². The van der Waals surface area contributed by atoms with Gasteiger partial charge in [0.25, 0.3) is 15.7 Å². The van der Waals surface area contributed by atoms with E-state index in [-0.39, 0.29) is 21.2 Å². The molecule has 8 nitrogen and oxygen atoms in total. The summed E-state index contributed by atoms with van der Waals surface area (Å²) in [6.07, 6.45) is 0. The quantitative estimate of drug-likeness (QED) is 0.585. The lowest BCUT2D eigenvalue weighted by molar-refractivity contribution is -0.385. The first-order valence-electron chi connectivity index (χ1n) is 8.68. The normalized spacial score (nSPS) is 15.5. The first-order chi connectivity index (χ1) is 13.2. The molecule has 3 rings (SSSR count). The Hall–Kier alpha value is -2.36. The highest BCUT2D eigenvalue weighted by atomic mass is 35.5. The topological polar surface area (TPSA) is 95.8 Å². The molecule has 28 heavy (non-hydrogen) atoms. The monoisotopic (exact) mass is 424 g/mol. The van der Waals surface area contributed by atoms with Gasteiger partial charge in [0, 0.05) is 49.2 Å². The number of nitro groups is 1.